The van der Waals surface area contributed by atoms with Gasteiger partial charge in [-0.05, 0) is 64.8 Å². The maximum Gasteiger partial charge on any atom is 0.363 e. The first-order chi connectivity index (χ1) is 13.9. The lowest BCUT2D eigenvalue weighted by molar-refractivity contribution is -0.129. The van der Waals surface area contributed by atoms with Crippen molar-refractivity contribution in [1.82, 2.24) is 0 Å². The summed E-state index contributed by atoms with van der Waals surface area (Å²) >= 11 is 15.6. The number of carbonyl (C=O) groups is 1. The molecule has 0 spiro atoms. The molecule has 0 fully saturated rings. The van der Waals surface area contributed by atoms with Crippen LogP contribution in [0.5, 0.6) is 11.5 Å². The van der Waals surface area contributed by atoms with Crippen LogP contribution < -0.4 is 9.47 Å². The summed E-state index contributed by atoms with van der Waals surface area (Å²) in [5.74, 6) is 0.636. The lowest BCUT2D eigenvalue weighted by atomic mass is 10.1. The molecule has 0 amide bonds. The van der Waals surface area contributed by atoms with Crippen LogP contribution in [-0.4, -0.2) is 25.1 Å². The molecule has 0 saturated heterocycles. The minimum absolute atomic E-state index is 0.123. The average Bonchev–Trinajstić information content (AvgIpc) is 3.01. The van der Waals surface area contributed by atoms with Crippen molar-refractivity contribution in [2.45, 2.75) is 6.92 Å². The van der Waals surface area contributed by atoms with E-state index in [0.29, 0.717) is 50.4 Å². The third kappa shape index (κ3) is 5.01. The smallest absolute Gasteiger partial charge is 0.363 e. The van der Waals surface area contributed by atoms with Gasteiger partial charge in [-0.25, -0.2) is 9.79 Å². The first-order valence-corrected chi connectivity index (χ1v) is 10.2. The minimum atomic E-state index is -0.577. The molecular weight excluding hydrogens is 481 g/mol. The molecule has 2 aromatic rings. The molecule has 1 heterocycles. The van der Waals surface area contributed by atoms with Crippen LogP contribution in [0.3, 0.4) is 0 Å². The van der Waals surface area contributed by atoms with Crippen LogP contribution in [0.4, 0.5) is 0 Å². The summed E-state index contributed by atoms with van der Waals surface area (Å²) < 4.78 is 17.3. The van der Waals surface area contributed by atoms with E-state index in [0.717, 1.165) is 0 Å². The normalized spacial score (nSPS) is 14.6. The standard InChI is InChI=1S/C21H16BrCl2NO4/c1-3-7-28-19-15(22)8-12(10-18(19)27-4-2)9-17-21(26)29-20(25-17)14-6-5-13(23)11-16(14)24/h3,5-6,8-11H,1,4,7H2,2H3/b17-9-. The van der Waals surface area contributed by atoms with Gasteiger partial charge in [-0.15, -0.1) is 0 Å². The monoisotopic (exact) mass is 495 g/mol. The summed E-state index contributed by atoms with van der Waals surface area (Å²) in [5, 5.41) is 0.821. The predicted molar refractivity (Wildman–Crippen MR) is 118 cm³/mol. The molecule has 0 aromatic heterocycles. The molecule has 0 bridgehead atoms. The molecule has 1 aliphatic heterocycles. The maximum atomic E-state index is 12.3. The molecule has 0 saturated carbocycles. The predicted octanol–water partition coefficient (Wildman–Crippen LogP) is 6.06. The number of carbonyl (C=O) groups excluding carboxylic acids is 1. The first kappa shape index (κ1) is 21.4. The van der Waals surface area contributed by atoms with Crippen LogP contribution in [0.25, 0.3) is 6.08 Å². The fraction of sp³-hybridized carbons (Fsp3) is 0.143. The summed E-state index contributed by atoms with van der Waals surface area (Å²) in [6.45, 7) is 6.31. The van der Waals surface area contributed by atoms with E-state index in [4.69, 9.17) is 37.4 Å². The highest BCUT2D eigenvalue weighted by Crippen LogP contribution is 2.38. The molecule has 0 radical (unpaired) electrons. The largest absolute Gasteiger partial charge is 0.490 e. The van der Waals surface area contributed by atoms with E-state index in [2.05, 4.69) is 27.5 Å². The van der Waals surface area contributed by atoms with Crippen molar-refractivity contribution in [2.24, 2.45) is 4.99 Å². The highest BCUT2D eigenvalue weighted by Gasteiger charge is 2.26. The van der Waals surface area contributed by atoms with Crippen LogP contribution in [0.1, 0.15) is 18.1 Å². The number of halogens is 3. The quantitative estimate of drug-likeness (QED) is 0.265. The molecule has 0 N–H and O–H groups in total. The number of aliphatic imine (C=N–C) groups is 1. The molecule has 29 heavy (non-hydrogen) atoms. The fourth-order valence-electron chi connectivity index (χ4n) is 2.56. The Kier molecular flexibility index (Phi) is 7.00. The van der Waals surface area contributed by atoms with E-state index in [1.165, 1.54) is 0 Å². The Labute approximate surface area is 186 Å². The highest BCUT2D eigenvalue weighted by molar-refractivity contribution is 9.10. The molecule has 2 aromatic carbocycles. The van der Waals surface area contributed by atoms with E-state index in [9.17, 15) is 4.79 Å². The van der Waals surface area contributed by atoms with Crippen LogP contribution >= 0.6 is 39.1 Å². The number of ether oxygens (including phenoxy) is 3. The van der Waals surface area contributed by atoms with Crippen LogP contribution in [0, 0.1) is 0 Å². The Morgan fingerprint density at radius 3 is 2.72 bits per heavy atom. The molecule has 5 nitrogen and oxygen atoms in total. The Bertz CT molecular complexity index is 1030. The second-order valence-corrected chi connectivity index (χ2v) is 7.52. The number of nitrogens with zero attached hydrogens (tertiary/aromatic N) is 1. The third-order valence-electron chi connectivity index (χ3n) is 3.76. The Morgan fingerprint density at radius 2 is 2.03 bits per heavy atom. The van der Waals surface area contributed by atoms with Crippen LogP contribution in [0.15, 0.2) is 58.1 Å². The Morgan fingerprint density at radius 1 is 1.24 bits per heavy atom. The summed E-state index contributed by atoms with van der Waals surface area (Å²) in [5.41, 5.74) is 1.31. The van der Waals surface area contributed by atoms with Gasteiger partial charge in [0.15, 0.2) is 17.2 Å². The van der Waals surface area contributed by atoms with Gasteiger partial charge in [0.05, 0.1) is 21.7 Å². The topological polar surface area (TPSA) is 57.1 Å². The third-order valence-corrected chi connectivity index (χ3v) is 4.90. The lowest BCUT2D eigenvalue weighted by Gasteiger charge is -2.13. The van der Waals surface area contributed by atoms with Crippen molar-refractivity contribution in [3.05, 3.63) is 74.3 Å². The molecule has 8 heteroatoms. The van der Waals surface area contributed by atoms with E-state index in [-0.39, 0.29) is 11.6 Å². The van der Waals surface area contributed by atoms with Gasteiger partial charge in [0.2, 0.25) is 5.90 Å². The summed E-state index contributed by atoms with van der Waals surface area (Å²) in [6.07, 6.45) is 3.24. The molecule has 0 atom stereocenters. The zero-order valence-corrected chi connectivity index (χ0v) is 18.5. The Balaban J connectivity index is 1.97. The number of rotatable bonds is 7. The lowest BCUT2D eigenvalue weighted by Crippen LogP contribution is -2.06. The fourth-order valence-corrected chi connectivity index (χ4v) is 3.63. The molecule has 0 unspecified atom stereocenters. The van der Waals surface area contributed by atoms with Crippen molar-refractivity contribution < 1.29 is 19.0 Å². The zero-order chi connectivity index (χ0) is 21.0. The number of hydrogen-bond acceptors (Lipinski definition) is 5. The second-order valence-electron chi connectivity index (χ2n) is 5.82. The van der Waals surface area contributed by atoms with Crippen molar-refractivity contribution >= 4 is 57.1 Å². The minimum Gasteiger partial charge on any atom is -0.490 e. The molecular formula is C21H16BrCl2NO4. The summed E-state index contributed by atoms with van der Waals surface area (Å²) in [6, 6.07) is 8.41. The molecule has 1 aliphatic rings. The van der Waals surface area contributed by atoms with Crippen LogP contribution in [-0.2, 0) is 9.53 Å². The van der Waals surface area contributed by atoms with Gasteiger partial charge in [-0.2, -0.15) is 0 Å². The van der Waals surface area contributed by atoms with Crippen LogP contribution in [0.2, 0.25) is 10.0 Å². The van der Waals surface area contributed by atoms with E-state index in [1.54, 1.807) is 42.5 Å². The van der Waals surface area contributed by atoms with Gasteiger partial charge in [-0.3, -0.25) is 0 Å². The number of cyclic esters (lactones) is 1. The van der Waals surface area contributed by atoms with E-state index < -0.39 is 5.97 Å². The van der Waals surface area contributed by atoms with Gasteiger partial charge in [-0.1, -0.05) is 35.9 Å². The zero-order valence-electron chi connectivity index (χ0n) is 15.4. The highest BCUT2D eigenvalue weighted by atomic mass is 79.9. The van der Waals surface area contributed by atoms with Crippen molar-refractivity contribution in [3.63, 3.8) is 0 Å². The summed E-state index contributed by atoms with van der Waals surface area (Å²) in [7, 11) is 0. The van der Waals surface area contributed by atoms with Crippen molar-refractivity contribution in [1.29, 1.82) is 0 Å². The average molecular weight is 497 g/mol. The molecule has 0 aliphatic carbocycles. The number of hydrogen-bond donors (Lipinski definition) is 0. The van der Waals surface area contributed by atoms with Gasteiger partial charge < -0.3 is 14.2 Å². The molecule has 3 rings (SSSR count). The number of esters is 1. The van der Waals surface area contributed by atoms with Gasteiger partial charge in [0.1, 0.15) is 6.61 Å². The second kappa shape index (κ2) is 9.48. The van der Waals surface area contributed by atoms with Gasteiger partial charge in [0, 0.05) is 5.02 Å². The number of benzene rings is 2. The summed E-state index contributed by atoms with van der Waals surface area (Å²) in [4.78, 5) is 16.6. The van der Waals surface area contributed by atoms with Crippen molar-refractivity contribution in [2.75, 3.05) is 13.2 Å². The van der Waals surface area contributed by atoms with Gasteiger partial charge in [0.25, 0.3) is 0 Å². The van der Waals surface area contributed by atoms with E-state index >= 15 is 0 Å². The first-order valence-electron chi connectivity index (χ1n) is 8.61. The van der Waals surface area contributed by atoms with Gasteiger partial charge >= 0.3 is 5.97 Å². The molecule has 150 valence electrons. The maximum absolute atomic E-state index is 12.3. The Hall–Kier alpha value is -2.28. The van der Waals surface area contributed by atoms with Crippen molar-refractivity contribution in [3.8, 4) is 11.5 Å². The van der Waals surface area contributed by atoms with E-state index in [1.807, 2.05) is 6.92 Å². The SMILES string of the molecule is C=CCOc1c(Br)cc(/C=C2\N=C(c3ccc(Cl)cc3Cl)OC2=O)cc1OCC.